The first kappa shape index (κ1) is 16.7. The lowest BCUT2D eigenvalue weighted by Crippen LogP contribution is -2.39. The summed E-state index contributed by atoms with van der Waals surface area (Å²) in [6.45, 7) is 2.37. The minimum Gasteiger partial charge on any atom is -0.484 e. The number of likely N-dealkylation sites (N-methyl/N-ethyl adjacent to an activating group) is 1. The molecule has 0 heterocycles. The molecule has 2 N–H and O–H groups in total. The molecule has 1 rings (SSSR count). The lowest BCUT2D eigenvalue weighted by Gasteiger charge is -2.11. The highest BCUT2D eigenvalue weighted by Crippen LogP contribution is 2.11. The van der Waals surface area contributed by atoms with Gasteiger partial charge in [0.15, 0.2) is 6.61 Å². The number of rotatable bonds is 6. The van der Waals surface area contributed by atoms with Crippen molar-refractivity contribution in [3.63, 3.8) is 0 Å². The van der Waals surface area contributed by atoms with E-state index < -0.39 is 0 Å². The SMILES string of the molecule is CNC(C)CNC(=O)COc1cccc(F)c1.Cl. The van der Waals surface area contributed by atoms with Gasteiger partial charge >= 0.3 is 0 Å². The predicted molar refractivity (Wildman–Crippen MR) is 70.7 cm³/mol. The zero-order valence-electron chi connectivity index (χ0n) is 10.4. The molecule has 0 saturated heterocycles. The second-order valence-corrected chi connectivity index (χ2v) is 3.74. The van der Waals surface area contributed by atoms with Crippen LogP contribution < -0.4 is 15.4 Å². The van der Waals surface area contributed by atoms with Gasteiger partial charge in [-0.2, -0.15) is 0 Å². The highest BCUT2D eigenvalue weighted by Gasteiger charge is 2.04. The molecule has 1 aromatic carbocycles. The Morgan fingerprint density at radius 2 is 2.22 bits per heavy atom. The molecule has 18 heavy (non-hydrogen) atoms. The molecule has 0 fully saturated rings. The van der Waals surface area contributed by atoms with Crippen LogP contribution in [0.3, 0.4) is 0 Å². The molecule has 102 valence electrons. The molecule has 0 aliphatic carbocycles. The third kappa shape index (κ3) is 6.42. The van der Waals surface area contributed by atoms with Crippen LogP contribution in [0, 0.1) is 5.82 Å². The molecule has 0 aliphatic rings. The van der Waals surface area contributed by atoms with Gasteiger partial charge in [-0.3, -0.25) is 4.79 Å². The van der Waals surface area contributed by atoms with E-state index >= 15 is 0 Å². The zero-order valence-corrected chi connectivity index (χ0v) is 11.2. The summed E-state index contributed by atoms with van der Waals surface area (Å²) in [5.41, 5.74) is 0. The summed E-state index contributed by atoms with van der Waals surface area (Å²) < 4.78 is 17.9. The summed E-state index contributed by atoms with van der Waals surface area (Å²) in [5.74, 6) is -0.259. The molecular weight excluding hydrogens is 259 g/mol. The molecule has 0 aliphatic heterocycles. The van der Waals surface area contributed by atoms with E-state index in [9.17, 15) is 9.18 Å². The number of carbonyl (C=O) groups excluding carboxylic acids is 1. The average Bonchev–Trinajstić information content (AvgIpc) is 2.33. The van der Waals surface area contributed by atoms with Gasteiger partial charge in [0.2, 0.25) is 0 Å². The summed E-state index contributed by atoms with van der Waals surface area (Å²) in [6.07, 6.45) is 0. The fourth-order valence-corrected chi connectivity index (χ4v) is 1.13. The number of carbonyl (C=O) groups is 1. The van der Waals surface area contributed by atoms with Crippen molar-refractivity contribution in [2.45, 2.75) is 13.0 Å². The summed E-state index contributed by atoms with van der Waals surface area (Å²) in [7, 11) is 1.82. The van der Waals surface area contributed by atoms with Gasteiger partial charge in [-0.1, -0.05) is 6.07 Å². The Morgan fingerprint density at radius 1 is 1.50 bits per heavy atom. The second-order valence-electron chi connectivity index (χ2n) is 3.74. The average molecular weight is 277 g/mol. The molecule has 6 heteroatoms. The Kier molecular flexibility index (Phi) is 8.07. The monoisotopic (exact) mass is 276 g/mol. The molecule has 1 unspecified atom stereocenters. The van der Waals surface area contributed by atoms with E-state index in [0.29, 0.717) is 12.3 Å². The van der Waals surface area contributed by atoms with Crippen LogP contribution in [0.25, 0.3) is 0 Å². The maximum Gasteiger partial charge on any atom is 0.257 e. The fraction of sp³-hybridized carbons (Fsp3) is 0.417. The van der Waals surface area contributed by atoms with Crippen LogP contribution in [-0.4, -0.2) is 32.1 Å². The van der Waals surface area contributed by atoms with Gasteiger partial charge in [0.1, 0.15) is 11.6 Å². The minimum absolute atomic E-state index is 0. The van der Waals surface area contributed by atoms with Crippen LogP contribution in [0.2, 0.25) is 0 Å². The van der Waals surface area contributed by atoms with Crippen LogP contribution in [0.5, 0.6) is 5.75 Å². The number of ether oxygens (including phenoxy) is 1. The van der Waals surface area contributed by atoms with Gasteiger partial charge in [-0.05, 0) is 26.1 Å². The number of halogens is 2. The van der Waals surface area contributed by atoms with E-state index in [4.69, 9.17) is 4.74 Å². The Bertz CT molecular complexity index is 377. The molecule has 0 aromatic heterocycles. The lowest BCUT2D eigenvalue weighted by atomic mass is 10.3. The van der Waals surface area contributed by atoms with E-state index in [-0.39, 0.29) is 36.8 Å². The van der Waals surface area contributed by atoms with E-state index in [1.165, 1.54) is 18.2 Å². The number of hydrogen-bond acceptors (Lipinski definition) is 3. The van der Waals surface area contributed by atoms with Gasteiger partial charge in [0, 0.05) is 18.7 Å². The topological polar surface area (TPSA) is 50.4 Å². The maximum absolute atomic E-state index is 12.8. The second kappa shape index (κ2) is 8.72. The van der Waals surface area contributed by atoms with Crippen LogP contribution in [-0.2, 0) is 4.79 Å². The lowest BCUT2D eigenvalue weighted by molar-refractivity contribution is -0.123. The Balaban J connectivity index is 0.00000289. The number of hydrogen-bond donors (Lipinski definition) is 2. The molecule has 0 spiro atoms. The number of benzene rings is 1. The van der Waals surface area contributed by atoms with Crippen LogP contribution in [0.15, 0.2) is 24.3 Å². The van der Waals surface area contributed by atoms with E-state index in [1.54, 1.807) is 6.07 Å². The van der Waals surface area contributed by atoms with Crippen molar-refractivity contribution in [2.75, 3.05) is 20.2 Å². The highest BCUT2D eigenvalue weighted by molar-refractivity contribution is 5.85. The first-order valence-corrected chi connectivity index (χ1v) is 5.44. The van der Waals surface area contributed by atoms with E-state index in [0.717, 1.165) is 0 Å². The van der Waals surface area contributed by atoms with Gasteiger partial charge in [0.25, 0.3) is 5.91 Å². The third-order valence-corrected chi connectivity index (χ3v) is 2.26. The highest BCUT2D eigenvalue weighted by atomic mass is 35.5. The molecule has 0 radical (unpaired) electrons. The number of nitrogens with one attached hydrogen (secondary N) is 2. The van der Waals surface area contributed by atoms with Crippen molar-refractivity contribution in [3.8, 4) is 5.75 Å². The molecular formula is C12H18ClFN2O2. The summed E-state index contributed by atoms with van der Waals surface area (Å²) in [4.78, 5) is 11.4. The summed E-state index contributed by atoms with van der Waals surface area (Å²) in [5, 5.41) is 5.69. The molecule has 4 nitrogen and oxygen atoms in total. The van der Waals surface area contributed by atoms with Crippen molar-refractivity contribution in [1.29, 1.82) is 0 Å². The van der Waals surface area contributed by atoms with Crippen molar-refractivity contribution in [2.24, 2.45) is 0 Å². The largest absolute Gasteiger partial charge is 0.484 e. The first-order valence-electron chi connectivity index (χ1n) is 5.44. The van der Waals surface area contributed by atoms with Gasteiger partial charge in [-0.15, -0.1) is 12.4 Å². The fourth-order valence-electron chi connectivity index (χ4n) is 1.13. The van der Waals surface area contributed by atoms with Gasteiger partial charge in [0.05, 0.1) is 0 Å². The molecule has 0 bridgehead atoms. The smallest absolute Gasteiger partial charge is 0.257 e. The van der Waals surface area contributed by atoms with Crippen molar-refractivity contribution < 1.29 is 13.9 Å². The van der Waals surface area contributed by atoms with Crippen molar-refractivity contribution in [3.05, 3.63) is 30.1 Å². The Hall–Kier alpha value is -1.33. The van der Waals surface area contributed by atoms with Gasteiger partial charge in [-0.25, -0.2) is 4.39 Å². The minimum atomic E-state index is -0.383. The number of amides is 1. The molecule has 1 aromatic rings. The van der Waals surface area contributed by atoms with Gasteiger partial charge < -0.3 is 15.4 Å². The van der Waals surface area contributed by atoms with E-state index in [1.807, 2.05) is 14.0 Å². The molecule has 1 amide bonds. The van der Waals surface area contributed by atoms with E-state index in [2.05, 4.69) is 10.6 Å². The van der Waals surface area contributed by atoms with Crippen molar-refractivity contribution >= 4 is 18.3 Å². The first-order chi connectivity index (χ1) is 8.11. The predicted octanol–water partition coefficient (Wildman–Crippen LogP) is 1.35. The quantitative estimate of drug-likeness (QED) is 0.825. The zero-order chi connectivity index (χ0) is 12.7. The normalized spacial score (nSPS) is 11.3. The Morgan fingerprint density at radius 3 is 2.83 bits per heavy atom. The van der Waals surface area contributed by atoms with Crippen LogP contribution >= 0.6 is 12.4 Å². The maximum atomic E-state index is 12.8. The standard InChI is InChI=1S/C12H17FN2O2.ClH/c1-9(14-2)7-15-12(16)8-17-11-5-3-4-10(13)6-11;/h3-6,9,14H,7-8H2,1-2H3,(H,15,16);1H. The van der Waals surface area contributed by atoms with Crippen LogP contribution in [0.4, 0.5) is 4.39 Å². The molecule has 1 atom stereocenters. The summed E-state index contributed by atoms with van der Waals surface area (Å²) in [6, 6.07) is 5.90. The van der Waals surface area contributed by atoms with Crippen LogP contribution in [0.1, 0.15) is 6.92 Å². The summed E-state index contributed by atoms with van der Waals surface area (Å²) >= 11 is 0. The third-order valence-electron chi connectivity index (χ3n) is 2.26. The molecule has 0 saturated carbocycles. The Labute approximate surface area is 112 Å². The van der Waals surface area contributed by atoms with Crippen molar-refractivity contribution in [1.82, 2.24) is 10.6 Å².